The highest BCUT2D eigenvalue weighted by Crippen LogP contribution is 2.22. The summed E-state index contributed by atoms with van der Waals surface area (Å²) < 4.78 is 0. The molecule has 0 fully saturated rings. The normalized spacial score (nSPS) is 9.63. The number of hydrogen-bond acceptors (Lipinski definition) is 3. The minimum Gasteiger partial charge on any atom is -0.508 e. The van der Waals surface area contributed by atoms with Gasteiger partial charge in [-0.3, -0.25) is 0 Å². The number of unbranched alkanes of at least 4 members (excludes halogenated alkanes) is 1. The van der Waals surface area contributed by atoms with Gasteiger partial charge in [-0.05, 0) is 43.1 Å². The fourth-order valence-electron chi connectivity index (χ4n) is 1.69. The fraction of sp³-hybridized carbons (Fsp3) is 0.429. The zero-order chi connectivity index (χ0) is 13.4. The summed E-state index contributed by atoms with van der Waals surface area (Å²) in [6.07, 6.45) is 4.82. The summed E-state index contributed by atoms with van der Waals surface area (Å²) in [6.45, 7) is 3.02. The van der Waals surface area contributed by atoms with Crippen LogP contribution in [0.25, 0.3) is 10.9 Å². The zero-order valence-electron chi connectivity index (χ0n) is 11.2. The van der Waals surface area contributed by atoms with Gasteiger partial charge in [-0.2, -0.15) is 0 Å². The fourth-order valence-corrected chi connectivity index (χ4v) is 1.69. The zero-order valence-corrected chi connectivity index (χ0v) is 12.0. The predicted molar refractivity (Wildman–Crippen MR) is 82.0 cm³/mol. The van der Waals surface area contributed by atoms with E-state index in [1.54, 1.807) is 12.1 Å². The summed E-state index contributed by atoms with van der Waals surface area (Å²) in [6, 6.07) is 5.30. The molecule has 0 aliphatic carbocycles. The van der Waals surface area contributed by atoms with E-state index in [-0.39, 0.29) is 12.4 Å². The third-order valence-electron chi connectivity index (χ3n) is 2.68. The lowest BCUT2D eigenvalue weighted by Crippen LogP contribution is -2.01. The maximum absolute atomic E-state index is 9.30. The van der Waals surface area contributed by atoms with E-state index in [1.807, 2.05) is 12.3 Å². The minimum atomic E-state index is 0. The Balaban J connectivity index is 0.000000471. The van der Waals surface area contributed by atoms with Gasteiger partial charge in [-0.25, -0.2) is 0 Å². The molecule has 1 aromatic heterocycles. The van der Waals surface area contributed by atoms with Gasteiger partial charge in [-0.15, -0.1) is 12.4 Å². The molecule has 2 rings (SSSR count). The van der Waals surface area contributed by atoms with Crippen molar-refractivity contribution < 1.29 is 10.2 Å². The van der Waals surface area contributed by atoms with Crippen LogP contribution in [0.4, 0.5) is 0 Å². The molecule has 5 N–H and O–H groups in total. The van der Waals surface area contributed by atoms with Gasteiger partial charge in [0.25, 0.3) is 0 Å². The first-order chi connectivity index (χ1) is 8.72. The Morgan fingerprint density at radius 1 is 1.32 bits per heavy atom. The molecular formula is C14H23ClN2O2. The number of nitrogens with one attached hydrogen (secondary N) is 1. The number of aromatic nitrogens is 1. The molecule has 108 valence electrons. The Labute approximate surface area is 120 Å². The van der Waals surface area contributed by atoms with Gasteiger partial charge in [0.1, 0.15) is 5.75 Å². The van der Waals surface area contributed by atoms with E-state index in [2.05, 4.69) is 11.9 Å². The number of phenols is 1. The molecule has 0 bridgehead atoms. The van der Waals surface area contributed by atoms with E-state index in [0.29, 0.717) is 18.9 Å². The minimum absolute atomic E-state index is 0. The van der Waals surface area contributed by atoms with Gasteiger partial charge < -0.3 is 20.9 Å². The molecule has 0 spiro atoms. The van der Waals surface area contributed by atoms with Crippen LogP contribution in [-0.4, -0.2) is 28.3 Å². The van der Waals surface area contributed by atoms with E-state index in [1.165, 1.54) is 0 Å². The molecule has 0 unspecified atom stereocenters. The van der Waals surface area contributed by atoms with Gasteiger partial charge in [0.05, 0.1) is 0 Å². The Morgan fingerprint density at radius 2 is 2.05 bits per heavy atom. The summed E-state index contributed by atoms with van der Waals surface area (Å²) in [4.78, 5) is 3.13. The highest BCUT2D eigenvalue weighted by Gasteiger charge is 2.02. The van der Waals surface area contributed by atoms with Crippen molar-refractivity contribution in [1.82, 2.24) is 4.98 Å². The van der Waals surface area contributed by atoms with Crippen molar-refractivity contribution in [2.24, 2.45) is 5.73 Å². The average molecular weight is 287 g/mol. The second-order valence-corrected chi connectivity index (χ2v) is 4.16. The van der Waals surface area contributed by atoms with Crippen molar-refractivity contribution in [1.29, 1.82) is 0 Å². The summed E-state index contributed by atoms with van der Waals surface area (Å²) in [5.74, 6) is 0.297. The standard InChI is InChI=1S/C10H12N2O.C4H10O.ClH/c11-4-3-7-6-12-10-2-1-8(13)5-9(7)10;1-2-3-4-5;/h1-2,5-6,12-13H,3-4,11H2;5H,2-4H2,1H3;1H. The van der Waals surface area contributed by atoms with Gasteiger partial charge in [-0.1, -0.05) is 13.3 Å². The Kier molecular flexibility index (Phi) is 9.04. The van der Waals surface area contributed by atoms with Crippen LogP contribution in [-0.2, 0) is 6.42 Å². The number of aromatic amines is 1. The van der Waals surface area contributed by atoms with E-state index >= 15 is 0 Å². The van der Waals surface area contributed by atoms with E-state index in [0.717, 1.165) is 35.7 Å². The Hall–Kier alpha value is -1.23. The third kappa shape index (κ3) is 5.51. The highest BCUT2D eigenvalue weighted by molar-refractivity contribution is 5.85. The number of benzene rings is 1. The number of hydrogen-bond donors (Lipinski definition) is 4. The van der Waals surface area contributed by atoms with Crippen LogP contribution in [0.5, 0.6) is 5.75 Å². The number of H-pyrrole nitrogens is 1. The lowest BCUT2D eigenvalue weighted by Gasteiger charge is -1.96. The molecule has 2 aromatic rings. The molecule has 1 heterocycles. The monoisotopic (exact) mass is 286 g/mol. The van der Waals surface area contributed by atoms with Crippen molar-refractivity contribution in [3.8, 4) is 5.75 Å². The number of halogens is 1. The molecule has 0 atom stereocenters. The summed E-state index contributed by atoms with van der Waals surface area (Å²) in [7, 11) is 0. The molecule has 0 radical (unpaired) electrons. The molecule has 1 aromatic carbocycles. The average Bonchev–Trinajstić information content (AvgIpc) is 2.74. The van der Waals surface area contributed by atoms with Crippen LogP contribution in [0, 0.1) is 0 Å². The first-order valence-corrected chi connectivity index (χ1v) is 6.32. The van der Waals surface area contributed by atoms with Crippen LogP contribution < -0.4 is 5.73 Å². The van der Waals surface area contributed by atoms with Crippen LogP contribution in [0.15, 0.2) is 24.4 Å². The van der Waals surface area contributed by atoms with Crippen LogP contribution >= 0.6 is 12.4 Å². The molecule has 0 aliphatic heterocycles. The molecule has 0 saturated heterocycles. The molecule has 19 heavy (non-hydrogen) atoms. The van der Waals surface area contributed by atoms with E-state index < -0.39 is 0 Å². The highest BCUT2D eigenvalue weighted by atomic mass is 35.5. The molecule has 4 nitrogen and oxygen atoms in total. The van der Waals surface area contributed by atoms with Crippen molar-refractivity contribution in [3.05, 3.63) is 30.0 Å². The van der Waals surface area contributed by atoms with Gasteiger partial charge in [0.2, 0.25) is 0 Å². The number of fused-ring (bicyclic) bond motifs is 1. The molecule has 0 aliphatic rings. The Bertz CT molecular complexity index is 469. The molecule has 0 saturated carbocycles. The lowest BCUT2D eigenvalue weighted by molar-refractivity contribution is 0.287. The lowest BCUT2D eigenvalue weighted by atomic mass is 10.1. The largest absolute Gasteiger partial charge is 0.508 e. The van der Waals surface area contributed by atoms with Gasteiger partial charge >= 0.3 is 0 Å². The number of aliphatic hydroxyl groups excluding tert-OH is 1. The first kappa shape index (κ1) is 17.8. The number of phenolic OH excluding ortho intramolecular Hbond substituents is 1. The summed E-state index contributed by atoms with van der Waals surface area (Å²) in [5.41, 5.74) is 7.68. The van der Waals surface area contributed by atoms with E-state index in [9.17, 15) is 5.11 Å². The van der Waals surface area contributed by atoms with Crippen LogP contribution in [0.3, 0.4) is 0 Å². The van der Waals surface area contributed by atoms with Crippen molar-refractivity contribution in [2.75, 3.05) is 13.2 Å². The van der Waals surface area contributed by atoms with Gasteiger partial charge in [0.15, 0.2) is 0 Å². The first-order valence-electron chi connectivity index (χ1n) is 6.32. The van der Waals surface area contributed by atoms with Gasteiger partial charge in [0, 0.05) is 23.7 Å². The van der Waals surface area contributed by atoms with Crippen molar-refractivity contribution >= 4 is 23.3 Å². The third-order valence-corrected chi connectivity index (χ3v) is 2.68. The molecular weight excluding hydrogens is 264 g/mol. The predicted octanol–water partition coefficient (Wildman–Crippen LogP) is 2.58. The van der Waals surface area contributed by atoms with Crippen LogP contribution in [0.1, 0.15) is 25.3 Å². The van der Waals surface area contributed by atoms with Crippen molar-refractivity contribution in [2.45, 2.75) is 26.2 Å². The Morgan fingerprint density at radius 3 is 2.58 bits per heavy atom. The second-order valence-electron chi connectivity index (χ2n) is 4.16. The number of rotatable bonds is 4. The number of nitrogens with two attached hydrogens (primary N) is 1. The van der Waals surface area contributed by atoms with E-state index in [4.69, 9.17) is 10.8 Å². The molecule has 5 heteroatoms. The summed E-state index contributed by atoms with van der Waals surface area (Å²) in [5, 5.41) is 18.4. The SMILES string of the molecule is CCCCO.Cl.NCCc1c[nH]c2ccc(O)cc12. The topological polar surface area (TPSA) is 82.3 Å². The van der Waals surface area contributed by atoms with Crippen LogP contribution in [0.2, 0.25) is 0 Å². The summed E-state index contributed by atoms with van der Waals surface area (Å²) >= 11 is 0. The number of aromatic hydroxyl groups is 1. The maximum atomic E-state index is 9.30. The smallest absolute Gasteiger partial charge is 0.116 e. The maximum Gasteiger partial charge on any atom is 0.116 e. The molecule has 0 amide bonds. The second kappa shape index (κ2) is 9.67. The quantitative estimate of drug-likeness (QED) is 0.697. The number of aliphatic hydroxyl groups is 1. The van der Waals surface area contributed by atoms with Crippen molar-refractivity contribution in [3.63, 3.8) is 0 Å².